The topological polar surface area (TPSA) is 70.1 Å². The number of carbonyl (C=O) groups is 1. The predicted molar refractivity (Wildman–Crippen MR) is 91.7 cm³/mol. The predicted octanol–water partition coefficient (Wildman–Crippen LogP) is 2.67. The van der Waals surface area contributed by atoms with Crippen molar-refractivity contribution in [3.05, 3.63) is 40.9 Å². The van der Waals surface area contributed by atoms with Crippen LogP contribution in [0.4, 0.5) is 9.93 Å². The van der Waals surface area contributed by atoms with Gasteiger partial charge < -0.3 is 5.32 Å². The molecule has 0 unspecified atom stereocenters. The van der Waals surface area contributed by atoms with Crippen LogP contribution < -0.4 is 10.6 Å². The van der Waals surface area contributed by atoms with E-state index in [0.29, 0.717) is 5.13 Å². The zero-order valence-corrected chi connectivity index (χ0v) is 14.1. The summed E-state index contributed by atoms with van der Waals surface area (Å²) < 4.78 is 0. The van der Waals surface area contributed by atoms with Crippen molar-refractivity contribution in [3.63, 3.8) is 0 Å². The highest BCUT2D eigenvalue weighted by molar-refractivity contribution is 7.15. The standard InChI is InChI=1S/C16H21N5OS/c1-3-13-19-20-16(23-13)18-15(22)17-12-9-10-21(2)14(12)11-7-5-4-6-8-11/h4-8,12,14H,3,9-10H2,1-2H3,(H2,17,18,20,22)/t12-,14+/m1/s1. The van der Waals surface area contributed by atoms with Gasteiger partial charge in [0.25, 0.3) is 0 Å². The lowest BCUT2D eigenvalue weighted by Crippen LogP contribution is -2.41. The molecule has 2 aromatic rings. The Bertz CT molecular complexity index is 660. The monoisotopic (exact) mass is 331 g/mol. The van der Waals surface area contributed by atoms with E-state index in [2.05, 4.69) is 44.9 Å². The fourth-order valence-electron chi connectivity index (χ4n) is 2.98. The molecule has 122 valence electrons. The lowest BCUT2D eigenvalue weighted by molar-refractivity contribution is 0.240. The molecule has 2 N–H and O–H groups in total. The number of carbonyl (C=O) groups excluding carboxylic acids is 1. The summed E-state index contributed by atoms with van der Waals surface area (Å²) in [6.07, 6.45) is 1.75. The van der Waals surface area contributed by atoms with Crippen LogP contribution >= 0.6 is 11.3 Å². The Labute approximate surface area is 139 Å². The molecular formula is C16H21N5OS. The van der Waals surface area contributed by atoms with Gasteiger partial charge in [-0.3, -0.25) is 10.2 Å². The fourth-order valence-corrected chi connectivity index (χ4v) is 3.66. The summed E-state index contributed by atoms with van der Waals surface area (Å²) in [6, 6.07) is 10.4. The molecule has 1 saturated heterocycles. The number of nitrogens with zero attached hydrogens (tertiary/aromatic N) is 3. The molecule has 2 atom stereocenters. The van der Waals surface area contributed by atoms with Gasteiger partial charge in [0.05, 0.1) is 12.1 Å². The van der Waals surface area contributed by atoms with Crippen molar-refractivity contribution in [3.8, 4) is 0 Å². The molecule has 1 fully saturated rings. The van der Waals surface area contributed by atoms with Crippen LogP contribution in [0.15, 0.2) is 30.3 Å². The minimum absolute atomic E-state index is 0.0842. The second-order valence-electron chi connectivity index (χ2n) is 5.68. The maximum atomic E-state index is 12.2. The van der Waals surface area contributed by atoms with E-state index in [-0.39, 0.29) is 18.1 Å². The molecule has 0 saturated carbocycles. The Kier molecular flexibility index (Phi) is 4.88. The summed E-state index contributed by atoms with van der Waals surface area (Å²) in [6.45, 7) is 2.98. The van der Waals surface area contributed by atoms with E-state index in [4.69, 9.17) is 0 Å². The molecule has 6 nitrogen and oxygen atoms in total. The van der Waals surface area contributed by atoms with Crippen LogP contribution in [0.25, 0.3) is 0 Å². The van der Waals surface area contributed by atoms with Crippen molar-refractivity contribution in [2.24, 2.45) is 0 Å². The summed E-state index contributed by atoms with van der Waals surface area (Å²) in [5.74, 6) is 0. The second kappa shape index (κ2) is 7.06. The molecule has 0 spiro atoms. The third kappa shape index (κ3) is 3.68. The van der Waals surface area contributed by atoms with E-state index in [1.54, 1.807) is 0 Å². The number of aryl methyl sites for hydroxylation is 1. The average Bonchev–Trinajstić information content (AvgIpc) is 3.15. The first-order chi connectivity index (χ1) is 11.2. The van der Waals surface area contributed by atoms with Crippen molar-refractivity contribution in [1.82, 2.24) is 20.4 Å². The molecule has 23 heavy (non-hydrogen) atoms. The van der Waals surface area contributed by atoms with Gasteiger partial charge in [-0.1, -0.05) is 48.6 Å². The first-order valence-corrected chi connectivity index (χ1v) is 8.64. The van der Waals surface area contributed by atoms with E-state index in [9.17, 15) is 4.79 Å². The highest BCUT2D eigenvalue weighted by Crippen LogP contribution is 2.30. The lowest BCUT2D eigenvalue weighted by Gasteiger charge is -2.26. The van der Waals surface area contributed by atoms with Crippen LogP contribution in [0.5, 0.6) is 0 Å². The lowest BCUT2D eigenvalue weighted by atomic mass is 10.0. The number of urea groups is 1. The average molecular weight is 331 g/mol. The van der Waals surface area contributed by atoms with Crippen LogP contribution in [0.2, 0.25) is 0 Å². The summed E-state index contributed by atoms with van der Waals surface area (Å²) in [5, 5.41) is 15.3. The fraction of sp³-hybridized carbons (Fsp3) is 0.438. The normalized spacial score (nSPS) is 21.3. The van der Waals surface area contributed by atoms with Gasteiger partial charge in [-0.25, -0.2) is 4.79 Å². The molecule has 1 aromatic heterocycles. The molecule has 0 aliphatic carbocycles. The molecule has 7 heteroatoms. The van der Waals surface area contributed by atoms with E-state index in [1.807, 2.05) is 25.1 Å². The maximum Gasteiger partial charge on any atom is 0.321 e. The van der Waals surface area contributed by atoms with Crippen LogP contribution in [-0.4, -0.2) is 40.8 Å². The highest BCUT2D eigenvalue weighted by Gasteiger charge is 2.34. The Morgan fingerprint density at radius 2 is 2.13 bits per heavy atom. The van der Waals surface area contributed by atoms with Crippen LogP contribution in [-0.2, 0) is 6.42 Å². The van der Waals surface area contributed by atoms with Crippen molar-refractivity contribution in [1.29, 1.82) is 0 Å². The summed E-state index contributed by atoms with van der Waals surface area (Å²) >= 11 is 1.41. The Balaban J connectivity index is 1.65. The third-order valence-electron chi connectivity index (χ3n) is 4.10. The molecule has 1 aromatic carbocycles. The van der Waals surface area contributed by atoms with Crippen molar-refractivity contribution >= 4 is 22.5 Å². The van der Waals surface area contributed by atoms with Gasteiger partial charge >= 0.3 is 6.03 Å². The number of benzene rings is 1. The largest absolute Gasteiger partial charge is 0.333 e. The quantitative estimate of drug-likeness (QED) is 0.904. The van der Waals surface area contributed by atoms with Gasteiger partial charge in [-0.2, -0.15) is 0 Å². The number of likely N-dealkylation sites (tertiary alicyclic amines) is 1. The number of rotatable bonds is 4. The minimum Gasteiger partial charge on any atom is -0.333 e. The van der Waals surface area contributed by atoms with E-state index >= 15 is 0 Å². The number of nitrogens with one attached hydrogen (secondary N) is 2. The van der Waals surface area contributed by atoms with E-state index < -0.39 is 0 Å². The zero-order valence-electron chi connectivity index (χ0n) is 13.3. The molecule has 0 radical (unpaired) electrons. The van der Waals surface area contributed by atoms with Gasteiger partial charge in [-0.15, -0.1) is 10.2 Å². The molecule has 3 rings (SSSR count). The van der Waals surface area contributed by atoms with Crippen LogP contribution in [0.3, 0.4) is 0 Å². The zero-order chi connectivity index (χ0) is 16.2. The highest BCUT2D eigenvalue weighted by atomic mass is 32.1. The summed E-state index contributed by atoms with van der Waals surface area (Å²) in [7, 11) is 2.09. The number of likely N-dealkylation sites (N-methyl/N-ethyl adjacent to an activating group) is 1. The molecule has 2 heterocycles. The van der Waals surface area contributed by atoms with Crippen molar-refractivity contribution < 1.29 is 4.79 Å². The first kappa shape index (κ1) is 15.9. The van der Waals surface area contributed by atoms with Gasteiger partial charge in [-0.05, 0) is 25.5 Å². The molecule has 1 aliphatic heterocycles. The number of hydrogen-bond donors (Lipinski definition) is 2. The van der Waals surface area contributed by atoms with Crippen LogP contribution in [0.1, 0.15) is 30.0 Å². The smallest absolute Gasteiger partial charge is 0.321 e. The first-order valence-electron chi connectivity index (χ1n) is 7.82. The number of anilines is 1. The maximum absolute atomic E-state index is 12.2. The van der Waals surface area contributed by atoms with Gasteiger partial charge in [0.15, 0.2) is 0 Å². The molecular weight excluding hydrogens is 310 g/mol. The molecule has 1 aliphatic rings. The van der Waals surface area contributed by atoms with Crippen molar-refractivity contribution in [2.75, 3.05) is 18.9 Å². The number of hydrogen-bond acceptors (Lipinski definition) is 5. The van der Waals surface area contributed by atoms with Crippen LogP contribution in [0, 0.1) is 0 Å². The summed E-state index contributed by atoms with van der Waals surface area (Å²) in [4.78, 5) is 14.5. The Morgan fingerprint density at radius 1 is 1.35 bits per heavy atom. The third-order valence-corrected chi connectivity index (χ3v) is 5.08. The Morgan fingerprint density at radius 3 is 2.83 bits per heavy atom. The van der Waals surface area contributed by atoms with Gasteiger partial charge in [0.1, 0.15) is 5.01 Å². The number of amides is 2. The summed E-state index contributed by atoms with van der Waals surface area (Å²) in [5.41, 5.74) is 1.22. The number of aromatic nitrogens is 2. The SMILES string of the molecule is CCc1nnc(NC(=O)N[C@@H]2CCN(C)[C@H]2c2ccccc2)s1. The second-order valence-corrected chi connectivity index (χ2v) is 6.75. The van der Waals surface area contributed by atoms with Gasteiger partial charge in [0, 0.05) is 6.54 Å². The van der Waals surface area contributed by atoms with Gasteiger partial charge in [0.2, 0.25) is 5.13 Å². The van der Waals surface area contributed by atoms with E-state index in [0.717, 1.165) is 24.4 Å². The molecule has 2 amide bonds. The molecule has 0 bridgehead atoms. The Hall–Kier alpha value is -1.99. The minimum atomic E-state index is -0.218. The van der Waals surface area contributed by atoms with E-state index in [1.165, 1.54) is 16.9 Å². The van der Waals surface area contributed by atoms with Crippen molar-refractivity contribution in [2.45, 2.75) is 31.8 Å².